The molecule has 2 atom stereocenters. The third-order valence-electron chi connectivity index (χ3n) is 5.48. The number of thiophene rings is 1. The first-order valence-electron chi connectivity index (χ1n) is 9.82. The number of hydrogen-bond donors (Lipinski definition) is 1. The van der Waals surface area contributed by atoms with Crippen LogP contribution in [0.5, 0.6) is 0 Å². The van der Waals surface area contributed by atoms with Gasteiger partial charge >= 0.3 is 0 Å². The first kappa shape index (κ1) is 17.5. The first-order valence-corrected chi connectivity index (χ1v) is 10.7. The lowest BCUT2D eigenvalue weighted by Gasteiger charge is -2.38. The zero-order valence-corrected chi connectivity index (χ0v) is 16.9. The number of morpholine rings is 1. The molecule has 0 amide bonds. The first-order chi connectivity index (χ1) is 14.8. The monoisotopic (exact) mass is 417 g/mol. The second-order valence-electron chi connectivity index (χ2n) is 7.43. The summed E-state index contributed by atoms with van der Waals surface area (Å²) in [5.41, 5.74) is 3.12. The average molecular weight is 417 g/mol. The van der Waals surface area contributed by atoms with E-state index in [-0.39, 0.29) is 12.2 Å². The van der Waals surface area contributed by atoms with Gasteiger partial charge in [-0.1, -0.05) is 12.1 Å². The number of fused-ring (bicyclic) bond motifs is 2. The lowest BCUT2D eigenvalue weighted by Crippen LogP contribution is -2.46. The smallest absolute Gasteiger partial charge is 0.226 e. The number of nitrogens with one attached hydrogen (secondary N) is 1. The molecule has 2 unspecified atom stereocenters. The second-order valence-corrected chi connectivity index (χ2v) is 8.38. The second kappa shape index (κ2) is 7.19. The molecule has 1 fully saturated rings. The van der Waals surface area contributed by atoms with E-state index < -0.39 is 0 Å². The number of ether oxygens (including phenoxy) is 1. The highest BCUT2D eigenvalue weighted by molar-refractivity contribution is 7.17. The van der Waals surface area contributed by atoms with Gasteiger partial charge in [0.05, 0.1) is 53.6 Å². The van der Waals surface area contributed by atoms with Gasteiger partial charge in [-0.15, -0.1) is 11.3 Å². The van der Waals surface area contributed by atoms with Crippen LogP contribution in [-0.4, -0.2) is 48.9 Å². The van der Waals surface area contributed by atoms with Crippen LogP contribution < -0.4 is 4.90 Å². The number of nitrogens with zero attached hydrogens (tertiary/aromatic N) is 6. The topological polar surface area (TPSA) is 84.8 Å². The summed E-state index contributed by atoms with van der Waals surface area (Å²) >= 11 is 1.66. The number of hydrogen-bond acceptors (Lipinski definition) is 7. The minimum Gasteiger partial charge on any atom is -0.365 e. The number of imidazole rings is 1. The largest absolute Gasteiger partial charge is 0.365 e. The summed E-state index contributed by atoms with van der Waals surface area (Å²) in [6, 6.07) is 8.22. The molecule has 30 heavy (non-hydrogen) atoms. The Morgan fingerprint density at radius 2 is 2.20 bits per heavy atom. The van der Waals surface area contributed by atoms with E-state index >= 15 is 0 Å². The molecular formula is C21H19N7OS. The highest BCUT2D eigenvalue weighted by atomic mass is 32.1. The summed E-state index contributed by atoms with van der Waals surface area (Å²) in [4.78, 5) is 15.8. The molecule has 4 aromatic heterocycles. The highest BCUT2D eigenvalue weighted by Gasteiger charge is 2.31. The van der Waals surface area contributed by atoms with Crippen LogP contribution in [0.25, 0.3) is 21.1 Å². The number of benzene rings is 1. The van der Waals surface area contributed by atoms with E-state index in [2.05, 4.69) is 31.1 Å². The van der Waals surface area contributed by atoms with Crippen molar-refractivity contribution in [2.75, 3.05) is 18.0 Å². The Kier molecular flexibility index (Phi) is 4.21. The Bertz CT molecular complexity index is 1300. The fourth-order valence-corrected chi connectivity index (χ4v) is 4.78. The molecule has 0 bridgehead atoms. The number of H-pyrrole nitrogens is 1. The van der Waals surface area contributed by atoms with Gasteiger partial charge in [0.15, 0.2) is 0 Å². The van der Waals surface area contributed by atoms with E-state index in [1.807, 2.05) is 53.1 Å². The summed E-state index contributed by atoms with van der Waals surface area (Å²) < 4.78 is 9.71. The molecule has 5 aromatic rings. The maximum absolute atomic E-state index is 6.56. The molecule has 6 rings (SSSR count). The Balaban J connectivity index is 1.37. The zero-order valence-electron chi connectivity index (χ0n) is 16.0. The van der Waals surface area contributed by atoms with Gasteiger partial charge < -0.3 is 14.2 Å². The molecule has 0 spiro atoms. The molecule has 1 aliphatic heterocycles. The van der Waals surface area contributed by atoms with Crippen molar-refractivity contribution in [2.45, 2.75) is 18.8 Å². The fourth-order valence-electron chi connectivity index (χ4n) is 4.08. The lowest BCUT2D eigenvalue weighted by atomic mass is 10.0. The summed E-state index contributed by atoms with van der Waals surface area (Å²) in [6.07, 6.45) is 9.21. The quantitative estimate of drug-likeness (QED) is 0.482. The van der Waals surface area contributed by atoms with Crippen molar-refractivity contribution in [2.24, 2.45) is 0 Å². The molecule has 150 valence electrons. The van der Waals surface area contributed by atoms with Gasteiger partial charge in [0, 0.05) is 24.3 Å². The Labute approximate surface area is 176 Å². The van der Waals surface area contributed by atoms with Crippen LogP contribution in [0.15, 0.2) is 60.8 Å². The molecule has 5 heterocycles. The van der Waals surface area contributed by atoms with Gasteiger partial charge in [-0.05, 0) is 23.1 Å². The van der Waals surface area contributed by atoms with Crippen LogP contribution in [0.2, 0.25) is 0 Å². The number of aromatic amines is 1. The Morgan fingerprint density at radius 3 is 3.13 bits per heavy atom. The minimum absolute atomic E-state index is 0.0260. The number of anilines is 1. The van der Waals surface area contributed by atoms with Crippen molar-refractivity contribution in [3.05, 3.63) is 66.3 Å². The Morgan fingerprint density at radius 1 is 1.20 bits per heavy atom. The van der Waals surface area contributed by atoms with Gasteiger partial charge in [0.25, 0.3) is 0 Å². The summed E-state index contributed by atoms with van der Waals surface area (Å²) in [5, 5.41) is 10.4. The molecule has 8 nitrogen and oxygen atoms in total. The van der Waals surface area contributed by atoms with E-state index in [4.69, 9.17) is 9.72 Å². The maximum atomic E-state index is 6.56. The van der Waals surface area contributed by atoms with E-state index in [0.717, 1.165) is 39.2 Å². The van der Waals surface area contributed by atoms with E-state index in [0.29, 0.717) is 13.1 Å². The summed E-state index contributed by atoms with van der Waals surface area (Å²) in [6.45, 7) is 2.11. The van der Waals surface area contributed by atoms with Crippen LogP contribution in [0, 0.1) is 0 Å². The van der Waals surface area contributed by atoms with Crippen LogP contribution in [0.3, 0.4) is 0 Å². The van der Waals surface area contributed by atoms with Gasteiger partial charge in [0.2, 0.25) is 5.95 Å². The van der Waals surface area contributed by atoms with Crippen LogP contribution >= 0.6 is 11.3 Å². The molecule has 0 aliphatic carbocycles. The van der Waals surface area contributed by atoms with Crippen LogP contribution in [-0.2, 0) is 11.3 Å². The minimum atomic E-state index is -0.115. The van der Waals surface area contributed by atoms with Crippen molar-refractivity contribution in [1.29, 1.82) is 0 Å². The standard InChI is InChI=1S/C21H19N7OS/c1-2-15(16-8-24-26-17(16)3-1)19-12-28(11-14(29-19)10-27-6-5-22-13-27)21-23-9-20-18(25-21)4-7-30-20/h1-9,13-14,19H,10-12H2,(H,24,26). The third-order valence-corrected chi connectivity index (χ3v) is 6.32. The molecule has 1 saturated heterocycles. The van der Waals surface area contributed by atoms with Gasteiger partial charge in [-0.2, -0.15) is 5.10 Å². The van der Waals surface area contributed by atoms with Gasteiger partial charge in [0.1, 0.15) is 6.10 Å². The molecule has 0 saturated carbocycles. The molecular weight excluding hydrogens is 398 g/mol. The molecule has 1 N–H and O–H groups in total. The predicted octanol–water partition coefficient (Wildman–Crippen LogP) is 3.41. The van der Waals surface area contributed by atoms with Crippen molar-refractivity contribution in [1.82, 2.24) is 29.7 Å². The van der Waals surface area contributed by atoms with E-state index in [1.165, 1.54) is 0 Å². The van der Waals surface area contributed by atoms with Crippen LogP contribution in [0.1, 0.15) is 11.7 Å². The molecule has 0 radical (unpaired) electrons. The van der Waals surface area contributed by atoms with Crippen molar-refractivity contribution < 1.29 is 4.74 Å². The SMILES string of the molecule is c1cc(C2CN(c3ncc4sccc4n3)CC(Cn3ccnc3)O2)c2cn[nH]c2c1. The molecule has 1 aliphatic rings. The van der Waals surface area contributed by atoms with Crippen molar-refractivity contribution in [3.63, 3.8) is 0 Å². The van der Waals surface area contributed by atoms with Crippen LogP contribution in [0.4, 0.5) is 5.95 Å². The maximum Gasteiger partial charge on any atom is 0.226 e. The lowest BCUT2D eigenvalue weighted by molar-refractivity contribution is -0.0351. The van der Waals surface area contributed by atoms with Gasteiger partial charge in [-0.3, -0.25) is 5.10 Å². The average Bonchev–Trinajstić information content (AvgIpc) is 3.53. The number of rotatable bonds is 4. The zero-order chi connectivity index (χ0) is 19.9. The fraction of sp³-hybridized carbons (Fsp3) is 0.238. The van der Waals surface area contributed by atoms with Crippen molar-refractivity contribution in [3.8, 4) is 0 Å². The number of aromatic nitrogens is 6. The normalized spacial score (nSPS) is 19.7. The predicted molar refractivity (Wildman–Crippen MR) is 116 cm³/mol. The molecule has 9 heteroatoms. The molecule has 1 aromatic carbocycles. The van der Waals surface area contributed by atoms with Gasteiger partial charge in [-0.25, -0.2) is 15.0 Å². The van der Waals surface area contributed by atoms with E-state index in [9.17, 15) is 0 Å². The summed E-state index contributed by atoms with van der Waals surface area (Å²) in [7, 11) is 0. The Hall–Kier alpha value is -3.30. The van der Waals surface area contributed by atoms with E-state index in [1.54, 1.807) is 17.5 Å². The summed E-state index contributed by atoms with van der Waals surface area (Å²) in [5.74, 6) is 0.740. The highest BCUT2D eigenvalue weighted by Crippen LogP contribution is 2.32. The van der Waals surface area contributed by atoms with Crippen molar-refractivity contribution >= 4 is 38.4 Å². The third kappa shape index (κ3) is 3.12.